The van der Waals surface area contributed by atoms with Crippen LogP contribution in [0.25, 0.3) is 11.0 Å². The van der Waals surface area contributed by atoms with E-state index in [9.17, 15) is 9.59 Å². The van der Waals surface area contributed by atoms with Crippen molar-refractivity contribution in [2.75, 3.05) is 31.6 Å². The van der Waals surface area contributed by atoms with Gasteiger partial charge in [-0.25, -0.2) is 0 Å². The van der Waals surface area contributed by atoms with Crippen LogP contribution in [0.2, 0.25) is 0 Å². The molecule has 30 heavy (non-hydrogen) atoms. The van der Waals surface area contributed by atoms with E-state index in [0.29, 0.717) is 56.8 Å². The van der Waals surface area contributed by atoms with Crippen LogP contribution in [0.15, 0.2) is 28.7 Å². The maximum absolute atomic E-state index is 13.2. The van der Waals surface area contributed by atoms with Crippen LogP contribution >= 0.6 is 0 Å². The second-order valence-electron chi connectivity index (χ2n) is 7.74. The van der Waals surface area contributed by atoms with E-state index in [-0.39, 0.29) is 23.5 Å². The number of hydrogen-bond acceptors (Lipinski definition) is 6. The van der Waals surface area contributed by atoms with Crippen molar-refractivity contribution in [1.29, 1.82) is 0 Å². The van der Waals surface area contributed by atoms with E-state index in [1.807, 2.05) is 25.2 Å². The molecule has 0 spiro atoms. The van der Waals surface area contributed by atoms with Crippen molar-refractivity contribution >= 4 is 28.5 Å². The molecule has 156 valence electrons. The van der Waals surface area contributed by atoms with Gasteiger partial charge in [0, 0.05) is 37.9 Å². The number of amides is 2. The Balaban J connectivity index is 1.44. The Bertz CT molecular complexity index is 1110. The molecule has 1 saturated heterocycles. The number of benzene rings is 1. The second kappa shape index (κ2) is 7.56. The number of aryl methyl sites for hydroxylation is 2. The Morgan fingerprint density at radius 3 is 2.83 bits per heavy atom. The number of furan rings is 1. The zero-order chi connectivity index (χ0) is 20.7. The van der Waals surface area contributed by atoms with Crippen molar-refractivity contribution in [3.8, 4) is 0 Å². The molecule has 3 heterocycles. The standard InChI is InChI=1S/C21H23N5O4/c1-25-16-12-13(6-7-15(16)23-24-25)20(27)22-18-14-4-2-3-5-17(14)30-19(18)21(28)26-8-10-29-11-9-26/h2-5,13H,6-12H2,1H3,(H,22,27). The average molecular weight is 409 g/mol. The van der Waals surface area contributed by atoms with Crippen molar-refractivity contribution < 1.29 is 18.7 Å². The molecule has 2 aromatic heterocycles. The Kier molecular flexibility index (Phi) is 4.74. The van der Waals surface area contributed by atoms with E-state index >= 15 is 0 Å². The quantitative estimate of drug-likeness (QED) is 0.707. The first-order valence-electron chi connectivity index (χ1n) is 10.2. The Morgan fingerprint density at radius 1 is 1.20 bits per heavy atom. The van der Waals surface area contributed by atoms with Gasteiger partial charge >= 0.3 is 0 Å². The molecule has 1 fully saturated rings. The molecule has 3 aromatic rings. The zero-order valence-corrected chi connectivity index (χ0v) is 16.8. The predicted molar refractivity (Wildman–Crippen MR) is 108 cm³/mol. The molecule has 9 nitrogen and oxygen atoms in total. The van der Waals surface area contributed by atoms with E-state index in [1.54, 1.807) is 15.6 Å². The fraction of sp³-hybridized carbons (Fsp3) is 0.429. The minimum absolute atomic E-state index is 0.121. The average Bonchev–Trinajstić information content (AvgIpc) is 3.34. The van der Waals surface area contributed by atoms with Gasteiger partial charge in [-0.15, -0.1) is 5.10 Å². The van der Waals surface area contributed by atoms with Gasteiger partial charge in [-0.1, -0.05) is 17.3 Å². The lowest BCUT2D eigenvalue weighted by Crippen LogP contribution is -2.41. The van der Waals surface area contributed by atoms with Crippen molar-refractivity contribution in [2.24, 2.45) is 13.0 Å². The fourth-order valence-electron chi connectivity index (χ4n) is 4.19. The van der Waals surface area contributed by atoms with Crippen LogP contribution in [0.1, 0.15) is 28.4 Å². The smallest absolute Gasteiger partial charge is 0.291 e. The van der Waals surface area contributed by atoms with E-state index in [0.717, 1.165) is 16.8 Å². The molecule has 1 atom stereocenters. The summed E-state index contributed by atoms with van der Waals surface area (Å²) in [5, 5.41) is 11.9. The van der Waals surface area contributed by atoms with Crippen LogP contribution in [-0.4, -0.2) is 58.0 Å². The van der Waals surface area contributed by atoms with E-state index in [1.165, 1.54) is 0 Å². The molecule has 9 heteroatoms. The zero-order valence-electron chi connectivity index (χ0n) is 16.8. The van der Waals surface area contributed by atoms with Crippen LogP contribution in [0.3, 0.4) is 0 Å². The number of anilines is 1. The van der Waals surface area contributed by atoms with Crippen molar-refractivity contribution in [3.05, 3.63) is 41.4 Å². The van der Waals surface area contributed by atoms with Gasteiger partial charge in [0.15, 0.2) is 0 Å². The van der Waals surface area contributed by atoms with E-state index < -0.39 is 0 Å². The lowest BCUT2D eigenvalue weighted by Gasteiger charge is -2.26. The van der Waals surface area contributed by atoms with Gasteiger partial charge in [0.05, 0.1) is 24.6 Å². The first-order valence-corrected chi connectivity index (χ1v) is 10.2. The van der Waals surface area contributed by atoms with Crippen molar-refractivity contribution in [2.45, 2.75) is 19.3 Å². The maximum Gasteiger partial charge on any atom is 0.291 e. The van der Waals surface area contributed by atoms with Gasteiger partial charge in [0.2, 0.25) is 11.7 Å². The third kappa shape index (κ3) is 3.24. The van der Waals surface area contributed by atoms with E-state index in [4.69, 9.17) is 9.15 Å². The molecular weight excluding hydrogens is 386 g/mol. The summed E-state index contributed by atoms with van der Waals surface area (Å²) in [6.07, 6.45) is 1.99. The van der Waals surface area contributed by atoms with E-state index in [2.05, 4.69) is 15.6 Å². The monoisotopic (exact) mass is 409 g/mol. The summed E-state index contributed by atoms with van der Waals surface area (Å²) in [5.41, 5.74) is 2.97. The van der Waals surface area contributed by atoms with Crippen LogP contribution < -0.4 is 5.32 Å². The van der Waals surface area contributed by atoms with Crippen LogP contribution in [-0.2, 0) is 29.4 Å². The SMILES string of the molecule is Cn1nnc2c1CC(C(=O)Nc1c(C(=O)N3CCOCC3)oc3ccccc13)CC2. The third-order valence-corrected chi connectivity index (χ3v) is 5.90. The summed E-state index contributed by atoms with van der Waals surface area (Å²) < 4.78 is 13.0. The summed E-state index contributed by atoms with van der Waals surface area (Å²) in [5.74, 6) is -0.393. The fourth-order valence-corrected chi connectivity index (χ4v) is 4.19. The number of morpholine rings is 1. The summed E-state index contributed by atoms with van der Waals surface area (Å²) in [6, 6.07) is 7.37. The van der Waals surface area contributed by atoms with Gasteiger partial charge in [0.25, 0.3) is 5.91 Å². The maximum atomic E-state index is 13.2. The topological polar surface area (TPSA) is 102 Å². The largest absolute Gasteiger partial charge is 0.449 e. The number of nitrogens with one attached hydrogen (secondary N) is 1. The number of aromatic nitrogens is 3. The number of rotatable bonds is 3. The normalized spacial score (nSPS) is 19.0. The molecule has 2 aliphatic rings. The Hall–Kier alpha value is -3.20. The highest BCUT2D eigenvalue weighted by Crippen LogP contribution is 2.33. The highest BCUT2D eigenvalue weighted by atomic mass is 16.5. The van der Waals surface area contributed by atoms with Crippen LogP contribution in [0.4, 0.5) is 5.69 Å². The van der Waals surface area contributed by atoms with Crippen molar-refractivity contribution in [1.82, 2.24) is 19.9 Å². The van der Waals surface area contributed by atoms with Gasteiger partial charge in [-0.3, -0.25) is 14.3 Å². The molecular formula is C21H23N5O4. The summed E-state index contributed by atoms with van der Waals surface area (Å²) in [6.45, 7) is 2.00. The highest BCUT2D eigenvalue weighted by molar-refractivity contribution is 6.11. The summed E-state index contributed by atoms with van der Waals surface area (Å²) >= 11 is 0. The molecule has 1 N–H and O–H groups in total. The van der Waals surface area contributed by atoms with Gasteiger partial charge in [-0.2, -0.15) is 0 Å². The van der Waals surface area contributed by atoms with Crippen LogP contribution in [0, 0.1) is 5.92 Å². The minimum atomic E-state index is -0.230. The molecule has 1 aromatic carbocycles. The van der Waals surface area contributed by atoms with Crippen LogP contribution in [0.5, 0.6) is 0 Å². The number of nitrogens with zero attached hydrogens (tertiary/aromatic N) is 4. The summed E-state index contributed by atoms with van der Waals surface area (Å²) in [4.78, 5) is 28.0. The first-order chi connectivity index (χ1) is 14.6. The Morgan fingerprint density at radius 2 is 2.00 bits per heavy atom. The number of hydrogen-bond donors (Lipinski definition) is 1. The molecule has 0 radical (unpaired) electrons. The molecule has 0 bridgehead atoms. The van der Waals surface area contributed by atoms with Gasteiger partial charge in [0.1, 0.15) is 11.3 Å². The lowest BCUT2D eigenvalue weighted by atomic mass is 9.89. The second-order valence-corrected chi connectivity index (χ2v) is 7.74. The summed E-state index contributed by atoms with van der Waals surface area (Å²) in [7, 11) is 1.84. The first kappa shape index (κ1) is 18.8. The molecule has 1 unspecified atom stereocenters. The number of para-hydroxylation sites is 1. The molecule has 5 rings (SSSR count). The molecule has 2 amide bonds. The third-order valence-electron chi connectivity index (χ3n) is 5.90. The molecule has 1 aliphatic heterocycles. The van der Waals surface area contributed by atoms with Crippen molar-refractivity contribution in [3.63, 3.8) is 0 Å². The number of fused-ring (bicyclic) bond motifs is 2. The minimum Gasteiger partial charge on any atom is -0.449 e. The van der Waals surface area contributed by atoms with Gasteiger partial charge in [-0.05, 0) is 25.0 Å². The molecule has 0 saturated carbocycles. The van der Waals surface area contributed by atoms with Gasteiger partial charge < -0.3 is 19.4 Å². The number of carbonyl (C=O) groups excluding carboxylic acids is 2. The predicted octanol–water partition coefficient (Wildman–Crippen LogP) is 1.78. The molecule has 1 aliphatic carbocycles. The highest BCUT2D eigenvalue weighted by Gasteiger charge is 2.31. The Labute approximate surface area is 173 Å². The lowest BCUT2D eigenvalue weighted by molar-refractivity contribution is -0.120. The number of carbonyl (C=O) groups is 2. The number of ether oxygens (including phenoxy) is 1.